The van der Waals surface area contributed by atoms with E-state index in [1.165, 1.54) is 0 Å². The number of rotatable bonds is 2. The summed E-state index contributed by atoms with van der Waals surface area (Å²) in [6, 6.07) is 1.47. The minimum Gasteiger partial charge on any atom is -0.396 e. The van der Waals surface area contributed by atoms with Crippen LogP contribution in [0.2, 0.25) is 10.2 Å². The average Bonchev–Trinajstić information content (AvgIpc) is 2.39. The Morgan fingerprint density at radius 3 is 2.65 bits per heavy atom. The van der Waals surface area contributed by atoms with Crippen molar-refractivity contribution in [1.29, 1.82) is 0 Å². The Labute approximate surface area is 121 Å². The van der Waals surface area contributed by atoms with E-state index in [9.17, 15) is 13.6 Å². The third-order valence-electron chi connectivity index (χ3n) is 2.29. The maximum Gasteiger partial charge on any atom is 0.260 e. The van der Waals surface area contributed by atoms with Crippen molar-refractivity contribution in [2.45, 2.75) is 0 Å². The van der Waals surface area contributed by atoms with Crippen molar-refractivity contribution in [2.75, 3.05) is 11.1 Å². The number of benzene rings is 1. The zero-order valence-corrected chi connectivity index (χ0v) is 11.1. The van der Waals surface area contributed by atoms with Crippen LogP contribution in [0.3, 0.4) is 0 Å². The van der Waals surface area contributed by atoms with Crippen molar-refractivity contribution in [3.63, 3.8) is 0 Å². The molecule has 3 N–H and O–H groups in total. The topological polar surface area (TPSA) is 80.9 Å². The molecule has 1 amide bonds. The Hall–Kier alpha value is -1.99. The lowest BCUT2D eigenvalue weighted by Crippen LogP contribution is -2.16. The van der Waals surface area contributed by atoms with E-state index in [1.54, 1.807) is 0 Å². The highest BCUT2D eigenvalue weighted by molar-refractivity contribution is 6.43. The smallest absolute Gasteiger partial charge is 0.260 e. The molecule has 9 heteroatoms. The predicted octanol–water partition coefficient (Wildman–Crippen LogP) is 2.90. The molecule has 0 saturated carbocycles. The van der Waals surface area contributed by atoms with E-state index >= 15 is 0 Å². The second-order valence-corrected chi connectivity index (χ2v) is 4.37. The summed E-state index contributed by atoms with van der Waals surface area (Å²) < 4.78 is 26.8. The SMILES string of the molecule is Nc1cc(F)cc(C(=O)Nc2ncnc(Cl)c2Cl)c1F. The van der Waals surface area contributed by atoms with Crippen LogP contribution in [-0.4, -0.2) is 15.9 Å². The van der Waals surface area contributed by atoms with E-state index in [1.807, 2.05) is 0 Å². The number of carbonyl (C=O) groups is 1. The molecule has 0 fully saturated rings. The van der Waals surface area contributed by atoms with Crippen LogP contribution in [0.15, 0.2) is 18.5 Å². The Morgan fingerprint density at radius 1 is 1.25 bits per heavy atom. The summed E-state index contributed by atoms with van der Waals surface area (Å²) in [5.41, 5.74) is 4.18. The van der Waals surface area contributed by atoms with Gasteiger partial charge >= 0.3 is 0 Å². The fourth-order valence-electron chi connectivity index (χ4n) is 1.39. The number of nitrogens with zero attached hydrogens (tertiary/aromatic N) is 2. The molecular formula is C11H6Cl2F2N4O. The molecule has 0 aliphatic heterocycles. The molecule has 0 aliphatic carbocycles. The molecule has 0 bridgehead atoms. The number of aromatic nitrogens is 2. The number of anilines is 2. The van der Waals surface area contributed by atoms with E-state index in [0.29, 0.717) is 6.07 Å². The second kappa shape index (κ2) is 5.56. The Morgan fingerprint density at radius 2 is 1.95 bits per heavy atom. The van der Waals surface area contributed by atoms with Crippen LogP contribution >= 0.6 is 23.2 Å². The van der Waals surface area contributed by atoms with Gasteiger partial charge in [-0.2, -0.15) is 0 Å². The van der Waals surface area contributed by atoms with Gasteiger partial charge in [-0.05, 0) is 12.1 Å². The number of nitrogen functional groups attached to an aromatic ring is 1. The Bertz CT molecular complexity index is 696. The highest BCUT2D eigenvalue weighted by atomic mass is 35.5. The molecule has 2 rings (SSSR count). The summed E-state index contributed by atoms with van der Waals surface area (Å²) in [5, 5.41) is 1.99. The summed E-state index contributed by atoms with van der Waals surface area (Å²) in [7, 11) is 0. The molecule has 0 atom stereocenters. The van der Waals surface area contributed by atoms with Crippen molar-refractivity contribution in [2.24, 2.45) is 0 Å². The molecule has 2 aromatic rings. The number of nitrogens with two attached hydrogens (primary N) is 1. The molecule has 0 radical (unpaired) electrons. The van der Waals surface area contributed by atoms with Crippen LogP contribution < -0.4 is 11.1 Å². The van der Waals surface area contributed by atoms with Gasteiger partial charge in [-0.1, -0.05) is 23.2 Å². The first-order chi connectivity index (χ1) is 9.40. The fraction of sp³-hybridized carbons (Fsp3) is 0. The predicted molar refractivity (Wildman–Crippen MR) is 70.8 cm³/mol. The quantitative estimate of drug-likeness (QED) is 0.659. The van der Waals surface area contributed by atoms with Gasteiger partial charge in [0.25, 0.3) is 5.91 Å². The normalized spacial score (nSPS) is 10.4. The lowest BCUT2D eigenvalue weighted by atomic mass is 10.1. The number of hydrogen-bond donors (Lipinski definition) is 2. The summed E-state index contributed by atoms with van der Waals surface area (Å²) >= 11 is 11.4. The zero-order chi connectivity index (χ0) is 14.9. The molecule has 0 unspecified atom stereocenters. The van der Waals surface area contributed by atoms with Crippen molar-refractivity contribution in [3.8, 4) is 0 Å². The standard InChI is InChI=1S/C11H6Cl2F2N4O/c12-7-9(13)17-3-18-10(7)19-11(20)5-1-4(14)2-6(16)8(5)15/h1-3H,16H2,(H,17,18,19,20). The first kappa shape index (κ1) is 14.4. The maximum absolute atomic E-state index is 13.7. The monoisotopic (exact) mass is 318 g/mol. The molecule has 1 aromatic heterocycles. The van der Waals surface area contributed by atoms with Gasteiger partial charge in [-0.25, -0.2) is 18.7 Å². The average molecular weight is 319 g/mol. The molecule has 104 valence electrons. The van der Waals surface area contributed by atoms with Gasteiger partial charge < -0.3 is 11.1 Å². The molecular weight excluding hydrogens is 313 g/mol. The third-order valence-corrected chi connectivity index (χ3v) is 3.03. The maximum atomic E-state index is 13.7. The molecule has 0 saturated heterocycles. The van der Waals surface area contributed by atoms with Gasteiger partial charge in [0.05, 0.1) is 11.3 Å². The van der Waals surface area contributed by atoms with Crippen LogP contribution in [0, 0.1) is 11.6 Å². The van der Waals surface area contributed by atoms with Gasteiger partial charge in [0.1, 0.15) is 17.2 Å². The van der Waals surface area contributed by atoms with Gasteiger partial charge in [-0.15, -0.1) is 0 Å². The number of carbonyl (C=O) groups excluding carboxylic acids is 1. The van der Waals surface area contributed by atoms with E-state index in [-0.39, 0.29) is 16.0 Å². The van der Waals surface area contributed by atoms with Gasteiger partial charge in [0.2, 0.25) is 0 Å². The summed E-state index contributed by atoms with van der Waals surface area (Å²) in [5.74, 6) is -2.98. The minimum atomic E-state index is -1.04. The van der Waals surface area contributed by atoms with Crippen molar-refractivity contribution in [3.05, 3.63) is 45.8 Å². The Balaban J connectivity index is 2.36. The van der Waals surface area contributed by atoms with E-state index in [0.717, 1.165) is 12.4 Å². The summed E-state index contributed by atoms with van der Waals surface area (Å²) in [4.78, 5) is 19.1. The minimum absolute atomic E-state index is 0.0869. The van der Waals surface area contributed by atoms with E-state index < -0.39 is 28.8 Å². The number of amides is 1. The van der Waals surface area contributed by atoms with Gasteiger partial charge in [0, 0.05) is 0 Å². The van der Waals surface area contributed by atoms with Crippen molar-refractivity contribution >= 4 is 40.6 Å². The fourth-order valence-corrected chi connectivity index (χ4v) is 1.66. The van der Waals surface area contributed by atoms with Crippen LogP contribution in [0.25, 0.3) is 0 Å². The van der Waals surface area contributed by atoms with Gasteiger partial charge in [-0.3, -0.25) is 4.79 Å². The molecule has 5 nitrogen and oxygen atoms in total. The van der Waals surface area contributed by atoms with Crippen molar-refractivity contribution in [1.82, 2.24) is 9.97 Å². The molecule has 0 spiro atoms. The van der Waals surface area contributed by atoms with Crippen LogP contribution in [0.1, 0.15) is 10.4 Å². The second-order valence-electron chi connectivity index (χ2n) is 3.64. The van der Waals surface area contributed by atoms with Crippen LogP contribution in [0.4, 0.5) is 20.3 Å². The lowest BCUT2D eigenvalue weighted by molar-refractivity contribution is 0.102. The third kappa shape index (κ3) is 2.78. The highest BCUT2D eigenvalue weighted by Gasteiger charge is 2.18. The molecule has 0 aliphatic rings. The zero-order valence-electron chi connectivity index (χ0n) is 9.62. The lowest BCUT2D eigenvalue weighted by Gasteiger charge is -2.08. The van der Waals surface area contributed by atoms with E-state index in [2.05, 4.69) is 15.3 Å². The Kier molecular flexibility index (Phi) is 4.01. The van der Waals surface area contributed by atoms with Gasteiger partial charge in [0.15, 0.2) is 16.8 Å². The summed E-state index contributed by atoms with van der Waals surface area (Å²) in [6.45, 7) is 0. The van der Waals surface area contributed by atoms with Crippen LogP contribution in [-0.2, 0) is 0 Å². The number of hydrogen-bond acceptors (Lipinski definition) is 4. The first-order valence-electron chi connectivity index (χ1n) is 5.12. The van der Waals surface area contributed by atoms with E-state index in [4.69, 9.17) is 28.9 Å². The molecule has 1 heterocycles. The summed E-state index contributed by atoms with van der Waals surface area (Å²) in [6.07, 6.45) is 1.06. The molecule has 20 heavy (non-hydrogen) atoms. The first-order valence-corrected chi connectivity index (χ1v) is 5.87. The van der Waals surface area contributed by atoms with Crippen molar-refractivity contribution < 1.29 is 13.6 Å². The molecule has 1 aromatic carbocycles. The number of nitrogens with one attached hydrogen (secondary N) is 1. The highest BCUT2D eigenvalue weighted by Crippen LogP contribution is 2.26. The number of halogens is 4. The largest absolute Gasteiger partial charge is 0.396 e. The van der Waals surface area contributed by atoms with Crippen LogP contribution in [0.5, 0.6) is 0 Å².